The normalized spacial score (nSPS) is 15.3. The zero-order valence-corrected chi connectivity index (χ0v) is 11.4. The van der Waals surface area contributed by atoms with E-state index in [-0.39, 0.29) is 12.0 Å². The maximum atomic E-state index is 9.48. The van der Waals surface area contributed by atoms with E-state index in [9.17, 15) is 5.11 Å². The second kappa shape index (κ2) is 5.12. The number of nitrogens with zero attached hydrogens (tertiary/aromatic N) is 2. The van der Waals surface area contributed by atoms with Gasteiger partial charge in [0.1, 0.15) is 0 Å². The van der Waals surface area contributed by atoms with Crippen molar-refractivity contribution in [3.05, 3.63) is 15.9 Å². The molecule has 15 heavy (non-hydrogen) atoms. The smallest absolute Gasteiger partial charge is 0.0766 e. The Morgan fingerprint density at radius 1 is 1.47 bits per heavy atom. The molecule has 0 saturated heterocycles. The van der Waals surface area contributed by atoms with E-state index in [1.807, 2.05) is 18.7 Å². The highest BCUT2D eigenvalue weighted by Crippen LogP contribution is 2.24. The van der Waals surface area contributed by atoms with Crippen LogP contribution in [0.4, 0.5) is 0 Å². The number of halogens is 1. The number of aromatic nitrogens is 2. The molecule has 1 aromatic rings. The van der Waals surface area contributed by atoms with Gasteiger partial charge in [-0.15, -0.1) is 0 Å². The minimum Gasteiger partial charge on any atom is -0.393 e. The van der Waals surface area contributed by atoms with Gasteiger partial charge in [0, 0.05) is 7.05 Å². The van der Waals surface area contributed by atoms with Crippen LogP contribution in [0.2, 0.25) is 0 Å². The van der Waals surface area contributed by atoms with Crippen molar-refractivity contribution in [2.75, 3.05) is 0 Å². The summed E-state index contributed by atoms with van der Waals surface area (Å²) in [5, 5.41) is 13.9. The molecular weight excluding hydrogens is 256 g/mol. The van der Waals surface area contributed by atoms with E-state index in [0.717, 1.165) is 23.0 Å². The van der Waals surface area contributed by atoms with Gasteiger partial charge in [-0.1, -0.05) is 13.8 Å². The fourth-order valence-corrected chi connectivity index (χ4v) is 2.30. The third-order valence-corrected chi connectivity index (χ3v) is 3.76. The lowest BCUT2D eigenvalue weighted by Crippen LogP contribution is -2.17. The molecule has 3 nitrogen and oxygen atoms in total. The maximum absolute atomic E-state index is 9.48. The largest absolute Gasteiger partial charge is 0.393 e. The molecule has 0 fully saturated rings. The summed E-state index contributed by atoms with van der Waals surface area (Å²) >= 11 is 3.57. The average molecular weight is 275 g/mol. The Bertz CT molecular complexity index is 334. The lowest BCUT2D eigenvalue weighted by atomic mass is 10.00. The van der Waals surface area contributed by atoms with Crippen molar-refractivity contribution in [3.63, 3.8) is 0 Å². The van der Waals surface area contributed by atoms with Gasteiger partial charge in [0.15, 0.2) is 0 Å². The van der Waals surface area contributed by atoms with Gasteiger partial charge < -0.3 is 5.11 Å². The van der Waals surface area contributed by atoms with Gasteiger partial charge in [-0.25, -0.2) is 0 Å². The van der Waals surface area contributed by atoms with Crippen molar-refractivity contribution in [1.29, 1.82) is 0 Å². The molecule has 0 bridgehead atoms. The highest BCUT2D eigenvalue weighted by Gasteiger charge is 2.17. The first-order chi connectivity index (χ1) is 6.97. The Hall–Kier alpha value is -0.350. The summed E-state index contributed by atoms with van der Waals surface area (Å²) in [6.45, 7) is 5.97. The second-order valence-electron chi connectivity index (χ2n) is 4.11. The summed E-state index contributed by atoms with van der Waals surface area (Å²) in [6, 6.07) is 0. The molecule has 0 aliphatic carbocycles. The first-order valence-electron chi connectivity index (χ1n) is 5.35. The van der Waals surface area contributed by atoms with E-state index >= 15 is 0 Å². The Morgan fingerprint density at radius 3 is 2.47 bits per heavy atom. The van der Waals surface area contributed by atoms with Crippen molar-refractivity contribution < 1.29 is 5.11 Å². The molecule has 1 aromatic heterocycles. The van der Waals surface area contributed by atoms with E-state index in [1.54, 1.807) is 0 Å². The Kier molecular flexibility index (Phi) is 4.34. The topological polar surface area (TPSA) is 38.0 Å². The maximum Gasteiger partial charge on any atom is 0.0766 e. The minimum atomic E-state index is -0.281. The number of aliphatic hydroxyl groups excluding tert-OH is 1. The van der Waals surface area contributed by atoms with Crippen LogP contribution in [0, 0.1) is 5.92 Å². The predicted molar refractivity (Wildman–Crippen MR) is 64.8 cm³/mol. The molecule has 0 saturated carbocycles. The minimum absolute atomic E-state index is 0.251. The molecular formula is C11H19BrN2O. The molecule has 0 spiro atoms. The van der Waals surface area contributed by atoms with Crippen LogP contribution in [0.15, 0.2) is 4.47 Å². The van der Waals surface area contributed by atoms with E-state index in [4.69, 9.17) is 0 Å². The Morgan fingerprint density at radius 2 is 2.07 bits per heavy atom. The van der Waals surface area contributed by atoms with Gasteiger partial charge in [0.2, 0.25) is 0 Å². The first-order valence-corrected chi connectivity index (χ1v) is 6.15. The molecule has 0 radical (unpaired) electrons. The molecule has 2 unspecified atom stereocenters. The highest BCUT2D eigenvalue weighted by atomic mass is 79.9. The van der Waals surface area contributed by atoms with Crippen LogP contribution in [0.25, 0.3) is 0 Å². The van der Waals surface area contributed by atoms with Gasteiger partial charge in [-0.3, -0.25) is 4.68 Å². The highest BCUT2D eigenvalue weighted by molar-refractivity contribution is 9.10. The lowest BCUT2D eigenvalue weighted by Gasteiger charge is -2.14. The third-order valence-electron chi connectivity index (χ3n) is 2.84. The van der Waals surface area contributed by atoms with E-state index in [2.05, 4.69) is 34.9 Å². The van der Waals surface area contributed by atoms with Crippen LogP contribution in [0.1, 0.15) is 32.2 Å². The molecule has 0 aliphatic rings. The summed E-state index contributed by atoms with van der Waals surface area (Å²) in [5.41, 5.74) is 2.26. The summed E-state index contributed by atoms with van der Waals surface area (Å²) in [6.07, 6.45) is 1.50. The van der Waals surface area contributed by atoms with Crippen molar-refractivity contribution in [1.82, 2.24) is 9.78 Å². The second-order valence-corrected chi connectivity index (χ2v) is 4.90. The fourth-order valence-electron chi connectivity index (χ4n) is 1.52. The van der Waals surface area contributed by atoms with Crippen LogP contribution in [-0.4, -0.2) is 21.0 Å². The molecule has 0 amide bonds. The molecule has 4 heteroatoms. The van der Waals surface area contributed by atoms with Gasteiger partial charge >= 0.3 is 0 Å². The van der Waals surface area contributed by atoms with Crippen LogP contribution in [-0.2, 0) is 19.9 Å². The monoisotopic (exact) mass is 274 g/mol. The molecule has 1 rings (SSSR count). The molecule has 86 valence electrons. The third kappa shape index (κ3) is 2.82. The fraction of sp³-hybridized carbons (Fsp3) is 0.727. The van der Waals surface area contributed by atoms with Gasteiger partial charge in [-0.2, -0.15) is 5.10 Å². The van der Waals surface area contributed by atoms with Crippen molar-refractivity contribution in [2.24, 2.45) is 13.0 Å². The number of aryl methyl sites for hydroxylation is 2. The Labute approximate surface area is 99.6 Å². The quantitative estimate of drug-likeness (QED) is 0.915. The van der Waals surface area contributed by atoms with Gasteiger partial charge in [0.05, 0.1) is 22.0 Å². The van der Waals surface area contributed by atoms with E-state index in [1.165, 1.54) is 5.69 Å². The first kappa shape index (κ1) is 12.7. The van der Waals surface area contributed by atoms with Crippen LogP contribution < -0.4 is 0 Å². The Balaban J connectivity index is 2.89. The average Bonchev–Trinajstić information content (AvgIpc) is 2.44. The molecule has 0 aromatic carbocycles. The molecule has 1 heterocycles. The van der Waals surface area contributed by atoms with Crippen molar-refractivity contribution in [3.8, 4) is 0 Å². The van der Waals surface area contributed by atoms with E-state index < -0.39 is 0 Å². The van der Waals surface area contributed by atoms with Gasteiger partial charge in [-0.05, 0) is 41.6 Å². The summed E-state index contributed by atoms with van der Waals surface area (Å²) in [4.78, 5) is 0. The predicted octanol–water partition coefficient (Wildman–Crippen LogP) is 2.30. The molecule has 2 atom stereocenters. The standard InChI is InChI=1S/C11H19BrN2O/c1-5-9-11(12)10(14(4)13-9)6-7(2)8(3)15/h7-8,15H,5-6H2,1-4H3. The summed E-state index contributed by atoms with van der Waals surface area (Å²) in [7, 11) is 1.95. The lowest BCUT2D eigenvalue weighted by molar-refractivity contribution is 0.134. The zero-order valence-electron chi connectivity index (χ0n) is 9.79. The number of hydrogen-bond acceptors (Lipinski definition) is 2. The SMILES string of the molecule is CCc1nn(C)c(CC(C)C(C)O)c1Br. The summed E-state index contributed by atoms with van der Waals surface area (Å²) in [5.74, 6) is 0.251. The number of aliphatic hydroxyl groups is 1. The van der Waals surface area contributed by atoms with Crippen molar-refractivity contribution in [2.45, 2.75) is 39.7 Å². The van der Waals surface area contributed by atoms with Crippen LogP contribution >= 0.6 is 15.9 Å². The molecule has 1 N–H and O–H groups in total. The summed E-state index contributed by atoms with van der Waals surface area (Å²) < 4.78 is 3.00. The van der Waals surface area contributed by atoms with E-state index in [0.29, 0.717) is 0 Å². The number of rotatable bonds is 4. The van der Waals surface area contributed by atoms with Gasteiger partial charge in [0.25, 0.3) is 0 Å². The number of hydrogen-bond donors (Lipinski definition) is 1. The van der Waals surface area contributed by atoms with Crippen molar-refractivity contribution >= 4 is 15.9 Å². The molecule has 0 aliphatic heterocycles. The van der Waals surface area contributed by atoms with Crippen LogP contribution in [0.5, 0.6) is 0 Å². The van der Waals surface area contributed by atoms with Crippen LogP contribution in [0.3, 0.4) is 0 Å². The zero-order chi connectivity index (χ0) is 11.6.